The number of nitrogens with one attached hydrogen (secondary N) is 1. The molecule has 0 atom stereocenters. The van der Waals surface area contributed by atoms with Gasteiger partial charge in [0, 0.05) is 5.70 Å². The van der Waals surface area contributed by atoms with Gasteiger partial charge in [0.05, 0.1) is 12.2 Å². The molecule has 0 aromatic heterocycles. The molecule has 3 aliphatic heterocycles. The lowest BCUT2D eigenvalue weighted by atomic mass is 10.1. The van der Waals surface area contributed by atoms with Crippen molar-refractivity contribution in [3.8, 4) is 23.0 Å². The van der Waals surface area contributed by atoms with E-state index in [1.165, 1.54) is 11.8 Å². The highest BCUT2D eigenvalue weighted by atomic mass is 32.2. The van der Waals surface area contributed by atoms with Crippen LogP contribution in [0.5, 0.6) is 23.0 Å². The lowest BCUT2D eigenvalue weighted by Crippen LogP contribution is -2.37. The number of carbonyl (C=O) groups is 1. The molecular weight excluding hydrogens is 442 g/mol. The van der Waals surface area contributed by atoms with Crippen LogP contribution in [0.1, 0.15) is 25.0 Å². The first-order valence-electron chi connectivity index (χ1n) is 10.4. The number of hydrogen-bond acceptors (Lipinski definition) is 7. The molecule has 0 fully saturated rings. The van der Waals surface area contributed by atoms with Crippen molar-refractivity contribution < 1.29 is 23.7 Å². The van der Waals surface area contributed by atoms with E-state index in [1.807, 2.05) is 43.5 Å². The molecule has 168 valence electrons. The molecule has 33 heavy (non-hydrogen) atoms. The minimum atomic E-state index is -0.428. The van der Waals surface area contributed by atoms with Crippen molar-refractivity contribution in [2.24, 2.45) is 4.99 Å². The smallest absolute Gasteiger partial charge is 0.283 e. The van der Waals surface area contributed by atoms with Crippen LogP contribution in [0.3, 0.4) is 0 Å². The molecule has 1 N–H and O–H groups in total. The number of carbonyl (C=O) groups excluding carboxylic acids is 1. The second-order valence-corrected chi connectivity index (χ2v) is 8.27. The van der Waals surface area contributed by atoms with Crippen LogP contribution >= 0.6 is 11.8 Å². The molecule has 0 saturated heterocycles. The van der Waals surface area contributed by atoms with Gasteiger partial charge < -0.3 is 18.9 Å². The number of ether oxygens (including phenoxy) is 4. The van der Waals surface area contributed by atoms with Gasteiger partial charge in [-0.25, -0.2) is 0 Å². The molecule has 0 saturated carbocycles. The first-order valence-corrected chi connectivity index (χ1v) is 11.3. The van der Waals surface area contributed by atoms with Gasteiger partial charge in [0.1, 0.15) is 12.4 Å². The molecule has 0 aliphatic carbocycles. The van der Waals surface area contributed by atoms with Gasteiger partial charge in [-0.05, 0) is 60.7 Å². The normalized spacial score (nSPS) is 17.8. The van der Waals surface area contributed by atoms with Crippen LogP contribution in [-0.4, -0.2) is 35.2 Å². The van der Waals surface area contributed by atoms with Crippen molar-refractivity contribution in [3.05, 3.63) is 64.2 Å². The highest BCUT2D eigenvalue weighted by Crippen LogP contribution is 2.35. The fourth-order valence-electron chi connectivity index (χ4n) is 3.60. The van der Waals surface area contributed by atoms with E-state index in [0.717, 1.165) is 17.0 Å². The summed E-state index contributed by atoms with van der Waals surface area (Å²) in [5.74, 6) is 2.25. The maximum absolute atomic E-state index is 12.5. The third kappa shape index (κ3) is 4.07. The van der Waals surface area contributed by atoms with Gasteiger partial charge in [0.15, 0.2) is 28.2 Å². The number of allylic oxidation sites excluding steroid dienone is 1. The number of thioether (sulfide) groups is 1. The van der Waals surface area contributed by atoms with Crippen LogP contribution in [-0.2, 0) is 11.4 Å². The Balaban J connectivity index is 1.38. The number of amidine groups is 2. The van der Waals surface area contributed by atoms with Crippen LogP contribution in [0.2, 0.25) is 0 Å². The Bertz CT molecular complexity index is 1250. The Labute approximate surface area is 195 Å². The first-order chi connectivity index (χ1) is 16.0. The van der Waals surface area contributed by atoms with Crippen LogP contribution < -0.4 is 18.9 Å². The van der Waals surface area contributed by atoms with E-state index in [0.29, 0.717) is 41.2 Å². The molecule has 0 bridgehead atoms. The van der Waals surface area contributed by atoms with E-state index >= 15 is 0 Å². The molecule has 8 nitrogen and oxygen atoms in total. The maximum atomic E-state index is 12.5. The standard InChI is InChI=1S/C24H21N3O5S/c1-3-29-20-9-15(8-17-22(25)27-14(2)12-33-24(27)26-23(17)28)4-6-18(20)30-11-16-5-7-19-21(10-16)32-13-31-19/h4-10,12,25H,3,11,13H2,1-2H3. The van der Waals surface area contributed by atoms with Gasteiger partial charge in [-0.15, -0.1) is 0 Å². The predicted octanol–water partition coefficient (Wildman–Crippen LogP) is 4.56. The summed E-state index contributed by atoms with van der Waals surface area (Å²) in [5.41, 5.74) is 2.75. The first kappa shape index (κ1) is 21.1. The fraction of sp³-hybridized carbons (Fsp3) is 0.208. The van der Waals surface area contributed by atoms with Crippen molar-refractivity contribution in [2.75, 3.05) is 13.4 Å². The number of nitrogens with zero attached hydrogens (tertiary/aromatic N) is 2. The monoisotopic (exact) mass is 463 g/mol. The fourth-order valence-corrected chi connectivity index (χ4v) is 4.46. The topological polar surface area (TPSA) is 93.4 Å². The summed E-state index contributed by atoms with van der Waals surface area (Å²) in [6.07, 6.45) is 1.66. The summed E-state index contributed by atoms with van der Waals surface area (Å²) >= 11 is 1.34. The molecule has 2 aromatic carbocycles. The SMILES string of the molecule is CCOc1cc(C=C2C(=N)N3C(C)=CSC3=NC2=O)ccc1OCc1ccc2c(c1)OCO2. The quantitative estimate of drug-likeness (QED) is 0.628. The van der Waals surface area contributed by atoms with Crippen LogP contribution in [0.4, 0.5) is 0 Å². The molecule has 1 amide bonds. The Morgan fingerprint density at radius 2 is 2.00 bits per heavy atom. The Morgan fingerprint density at radius 3 is 2.85 bits per heavy atom. The van der Waals surface area contributed by atoms with E-state index in [2.05, 4.69) is 4.99 Å². The number of benzene rings is 2. The molecular formula is C24H21N3O5S. The van der Waals surface area contributed by atoms with E-state index in [4.69, 9.17) is 24.4 Å². The molecule has 0 spiro atoms. The zero-order chi connectivity index (χ0) is 22.9. The van der Waals surface area contributed by atoms with Crippen molar-refractivity contribution in [1.29, 1.82) is 5.41 Å². The van der Waals surface area contributed by atoms with Crippen molar-refractivity contribution in [3.63, 3.8) is 0 Å². The van der Waals surface area contributed by atoms with E-state index in [1.54, 1.807) is 23.1 Å². The van der Waals surface area contributed by atoms with Gasteiger partial charge in [-0.2, -0.15) is 4.99 Å². The third-order valence-electron chi connectivity index (χ3n) is 5.20. The summed E-state index contributed by atoms with van der Waals surface area (Å²) in [6, 6.07) is 11.1. The second-order valence-electron chi connectivity index (χ2n) is 7.43. The average Bonchev–Trinajstić information content (AvgIpc) is 3.42. The molecule has 9 heteroatoms. The van der Waals surface area contributed by atoms with E-state index in [9.17, 15) is 4.79 Å². The van der Waals surface area contributed by atoms with E-state index < -0.39 is 5.91 Å². The minimum Gasteiger partial charge on any atom is -0.490 e. The summed E-state index contributed by atoms with van der Waals surface area (Å²) in [4.78, 5) is 18.3. The zero-order valence-electron chi connectivity index (χ0n) is 18.1. The van der Waals surface area contributed by atoms with E-state index in [-0.39, 0.29) is 18.2 Å². The van der Waals surface area contributed by atoms with Gasteiger partial charge in [0.25, 0.3) is 5.91 Å². The van der Waals surface area contributed by atoms with Crippen molar-refractivity contribution in [2.45, 2.75) is 20.5 Å². The summed E-state index contributed by atoms with van der Waals surface area (Å²) < 4.78 is 22.5. The zero-order valence-corrected chi connectivity index (χ0v) is 18.9. The predicted molar refractivity (Wildman–Crippen MR) is 126 cm³/mol. The number of fused-ring (bicyclic) bond motifs is 2. The molecule has 5 rings (SSSR count). The number of amides is 1. The van der Waals surface area contributed by atoms with Gasteiger partial charge in [-0.1, -0.05) is 23.9 Å². The Kier molecular flexibility index (Phi) is 5.55. The molecule has 3 aliphatic rings. The van der Waals surface area contributed by atoms with Crippen LogP contribution in [0.15, 0.2) is 58.1 Å². The number of rotatable bonds is 6. The molecule has 2 aromatic rings. The summed E-state index contributed by atoms with van der Waals surface area (Å²) in [7, 11) is 0. The second kappa shape index (κ2) is 8.67. The molecule has 0 radical (unpaired) electrons. The Hall–Kier alpha value is -3.72. The largest absolute Gasteiger partial charge is 0.490 e. The van der Waals surface area contributed by atoms with Crippen molar-refractivity contribution >= 4 is 34.7 Å². The van der Waals surface area contributed by atoms with Crippen LogP contribution in [0.25, 0.3) is 6.08 Å². The summed E-state index contributed by atoms with van der Waals surface area (Å²) in [5, 5.41) is 10.9. The third-order valence-corrected chi connectivity index (χ3v) is 6.14. The van der Waals surface area contributed by atoms with Gasteiger partial charge in [0.2, 0.25) is 6.79 Å². The van der Waals surface area contributed by atoms with Gasteiger partial charge >= 0.3 is 0 Å². The lowest BCUT2D eigenvalue weighted by molar-refractivity contribution is -0.114. The molecule has 0 unspecified atom stereocenters. The summed E-state index contributed by atoms with van der Waals surface area (Å²) in [6.45, 7) is 4.79. The number of hydrogen-bond donors (Lipinski definition) is 1. The maximum Gasteiger partial charge on any atom is 0.283 e. The van der Waals surface area contributed by atoms with Crippen LogP contribution in [0, 0.1) is 5.41 Å². The lowest BCUT2D eigenvalue weighted by Gasteiger charge is -2.25. The highest BCUT2D eigenvalue weighted by Gasteiger charge is 2.34. The minimum absolute atomic E-state index is 0.116. The van der Waals surface area contributed by atoms with Crippen molar-refractivity contribution in [1.82, 2.24) is 4.90 Å². The Morgan fingerprint density at radius 1 is 1.15 bits per heavy atom. The van der Waals surface area contributed by atoms with Gasteiger partial charge in [-0.3, -0.25) is 15.1 Å². The average molecular weight is 464 g/mol. The molecule has 3 heterocycles. The number of aliphatic imine (C=N–C) groups is 1. The highest BCUT2D eigenvalue weighted by molar-refractivity contribution is 8.16.